The summed E-state index contributed by atoms with van der Waals surface area (Å²) < 4.78 is 13.1. The molecule has 6 heteroatoms. The maximum Gasteiger partial charge on any atom is 0.191 e. The average molecular weight is 433 g/mol. The van der Waals surface area contributed by atoms with Gasteiger partial charge in [-0.15, -0.1) is 35.3 Å². The Balaban J connectivity index is 0.00000242. The predicted octanol–water partition coefficient (Wildman–Crippen LogP) is 3.97. The quantitative estimate of drug-likeness (QED) is 0.425. The first-order chi connectivity index (χ1) is 10.2. The Morgan fingerprint density at radius 1 is 1.27 bits per heavy atom. The summed E-state index contributed by atoms with van der Waals surface area (Å²) in [6.45, 7) is 3.53. The fraction of sp³-hybridized carbons (Fsp3) is 0.312. The Kier molecular flexibility index (Phi) is 8.40. The van der Waals surface area contributed by atoms with Crippen molar-refractivity contribution in [1.29, 1.82) is 0 Å². The molecule has 0 fully saturated rings. The molecular weight excluding hydrogens is 412 g/mol. The number of hydrogen-bond donors (Lipinski definition) is 2. The predicted molar refractivity (Wildman–Crippen MR) is 103 cm³/mol. The molecule has 1 aromatic carbocycles. The Morgan fingerprint density at radius 3 is 2.73 bits per heavy atom. The highest BCUT2D eigenvalue weighted by molar-refractivity contribution is 14.0. The summed E-state index contributed by atoms with van der Waals surface area (Å²) in [6.07, 6.45) is 0. The topological polar surface area (TPSA) is 36.4 Å². The monoisotopic (exact) mass is 433 g/mol. The van der Waals surface area contributed by atoms with Crippen molar-refractivity contribution in [3.05, 3.63) is 58.0 Å². The van der Waals surface area contributed by atoms with Crippen LogP contribution >= 0.6 is 35.3 Å². The number of aliphatic imine (C=N–C) groups is 1. The number of nitrogens with zero attached hydrogens (tertiary/aromatic N) is 1. The van der Waals surface area contributed by atoms with E-state index >= 15 is 0 Å². The lowest BCUT2D eigenvalue weighted by Crippen LogP contribution is -2.38. The van der Waals surface area contributed by atoms with Crippen LogP contribution in [0.15, 0.2) is 46.8 Å². The van der Waals surface area contributed by atoms with Crippen LogP contribution in [0, 0.1) is 5.82 Å². The largest absolute Gasteiger partial charge is 0.356 e. The molecule has 22 heavy (non-hydrogen) atoms. The number of rotatable bonds is 5. The summed E-state index contributed by atoms with van der Waals surface area (Å²) in [4.78, 5) is 5.53. The lowest BCUT2D eigenvalue weighted by atomic mass is 10.1. The fourth-order valence-corrected chi connectivity index (χ4v) is 2.76. The molecule has 0 saturated heterocycles. The van der Waals surface area contributed by atoms with Crippen molar-refractivity contribution in [3.63, 3.8) is 0 Å². The van der Waals surface area contributed by atoms with E-state index in [2.05, 4.69) is 40.1 Å². The Morgan fingerprint density at radius 2 is 2.09 bits per heavy atom. The van der Waals surface area contributed by atoms with Gasteiger partial charge in [-0.25, -0.2) is 4.39 Å². The van der Waals surface area contributed by atoms with Crippen LogP contribution in [0.25, 0.3) is 0 Å². The normalized spacial score (nSPS) is 12.4. The summed E-state index contributed by atoms with van der Waals surface area (Å²) in [5.74, 6) is 0.934. The van der Waals surface area contributed by atoms with E-state index in [1.807, 2.05) is 6.07 Å². The van der Waals surface area contributed by atoms with E-state index in [1.54, 1.807) is 24.5 Å². The lowest BCUT2D eigenvalue weighted by molar-refractivity contribution is 0.624. The van der Waals surface area contributed by atoms with Crippen molar-refractivity contribution >= 4 is 41.3 Å². The molecule has 0 aliphatic heterocycles. The zero-order valence-electron chi connectivity index (χ0n) is 12.7. The average Bonchev–Trinajstić information content (AvgIpc) is 3.01. The lowest BCUT2D eigenvalue weighted by Gasteiger charge is -2.15. The van der Waals surface area contributed by atoms with Gasteiger partial charge < -0.3 is 10.6 Å². The Labute approximate surface area is 152 Å². The minimum atomic E-state index is -0.219. The third kappa shape index (κ3) is 5.92. The van der Waals surface area contributed by atoms with Gasteiger partial charge >= 0.3 is 0 Å². The van der Waals surface area contributed by atoms with Gasteiger partial charge in [-0.05, 0) is 29.1 Å². The van der Waals surface area contributed by atoms with Gasteiger partial charge in [0.2, 0.25) is 0 Å². The summed E-state index contributed by atoms with van der Waals surface area (Å²) >= 11 is 1.76. The minimum Gasteiger partial charge on any atom is -0.356 e. The molecule has 1 heterocycles. The van der Waals surface area contributed by atoms with Gasteiger partial charge in [0.05, 0.1) is 0 Å². The zero-order chi connectivity index (χ0) is 15.1. The Hall–Kier alpha value is -1.15. The van der Waals surface area contributed by atoms with Crippen LogP contribution in [0.3, 0.4) is 0 Å². The fourth-order valence-electron chi connectivity index (χ4n) is 1.98. The molecule has 2 rings (SSSR count). The molecule has 0 saturated carbocycles. The maximum absolute atomic E-state index is 13.1. The van der Waals surface area contributed by atoms with Crippen molar-refractivity contribution in [2.24, 2.45) is 4.99 Å². The molecule has 1 aromatic heterocycles. The summed E-state index contributed by atoms with van der Waals surface area (Å²) in [7, 11) is 1.73. The van der Waals surface area contributed by atoms with Crippen molar-refractivity contribution in [1.82, 2.24) is 10.6 Å². The van der Waals surface area contributed by atoms with Gasteiger partial charge in [-0.2, -0.15) is 0 Å². The maximum atomic E-state index is 13.1. The van der Waals surface area contributed by atoms with Gasteiger partial charge in [0, 0.05) is 30.9 Å². The van der Waals surface area contributed by atoms with E-state index in [0.717, 1.165) is 18.1 Å². The van der Waals surface area contributed by atoms with Gasteiger partial charge in [-0.3, -0.25) is 4.99 Å². The summed E-state index contributed by atoms with van der Waals surface area (Å²) in [6, 6.07) is 10.8. The van der Waals surface area contributed by atoms with Crippen LogP contribution in [0.1, 0.15) is 23.3 Å². The molecule has 120 valence electrons. The van der Waals surface area contributed by atoms with Crippen LogP contribution in [-0.4, -0.2) is 19.6 Å². The molecule has 0 amide bonds. The summed E-state index contributed by atoms with van der Waals surface area (Å²) in [5.41, 5.74) is 0.893. The van der Waals surface area contributed by atoms with E-state index in [-0.39, 0.29) is 29.8 Å². The molecule has 2 aromatic rings. The van der Waals surface area contributed by atoms with Crippen molar-refractivity contribution in [2.45, 2.75) is 19.4 Å². The standard InChI is InChI=1S/C16H20FN3S.HI/c1-12(15-7-4-8-21-15)10-19-16(18-2)20-11-13-5-3-6-14(17)9-13;/h3-9,12H,10-11H2,1-2H3,(H2,18,19,20);1H. The SMILES string of the molecule is CN=C(NCc1cccc(F)c1)NCC(C)c1cccs1.I. The van der Waals surface area contributed by atoms with Crippen molar-refractivity contribution in [3.8, 4) is 0 Å². The van der Waals surface area contributed by atoms with Crippen LogP contribution in [0.5, 0.6) is 0 Å². The van der Waals surface area contributed by atoms with E-state index in [9.17, 15) is 4.39 Å². The van der Waals surface area contributed by atoms with Gasteiger partial charge in [-0.1, -0.05) is 25.1 Å². The van der Waals surface area contributed by atoms with Crippen LogP contribution in [0.4, 0.5) is 4.39 Å². The molecule has 3 nitrogen and oxygen atoms in total. The first-order valence-electron chi connectivity index (χ1n) is 6.91. The smallest absolute Gasteiger partial charge is 0.191 e. The third-order valence-corrected chi connectivity index (χ3v) is 4.28. The number of halogens is 2. The number of hydrogen-bond acceptors (Lipinski definition) is 2. The molecule has 0 aliphatic carbocycles. The number of nitrogens with one attached hydrogen (secondary N) is 2. The van der Waals surface area contributed by atoms with Gasteiger partial charge in [0.1, 0.15) is 5.82 Å². The molecule has 0 radical (unpaired) electrons. The van der Waals surface area contributed by atoms with Crippen molar-refractivity contribution in [2.75, 3.05) is 13.6 Å². The highest BCUT2D eigenvalue weighted by atomic mass is 127. The molecule has 1 unspecified atom stereocenters. The third-order valence-electron chi connectivity index (χ3n) is 3.18. The van der Waals surface area contributed by atoms with E-state index < -0.39 is 0 Å². The molecule has 0 bridgehead atoms. The van der Waals surface area contributed by atoms with Crippen LogP contribution in [-0.2, 0) is 6.54 Å². The van der Waals surface area contributed by atoms with Gasteiger partial charge in [0.25, 0.3) is 0 Å². The first-order valence-corrected chi connectivity index (χ1v) is 7.79. The minimum absolute atomic E-state index is 0. The van der Waals surface area contributed by atoms with E-state index in [1.165, 1.54) is 17.0 Å². The number of thiophene rings is 1. The van der Waals surface area contributed by atoms with E-state index in [0.29, 0.717) is 12.5 Å². The molecule has 0 aliphatic rings. The molecular formula is C16H21FIN3S. The second-order valence-corrected chi connectivity index (χ2v) is 5.83. The second-order valence-electron chi connectivity index (χ2n) is 4.85. The number of benzene rings is 1. The van der Waals surface area contributed by atoms with Gasteiger partial charge in [0.15, 0.2) is 5.96 Å². The van der Waals surface area contributed by atoms with Crippen molar-refractivity contribution < 1.29 is 4.39 Å². The van der Waals surface area contributed by atoms with Crippen LogP contribution in [0.2, 0.25) is 0 Å². The molecule has 1 atom stereocenters. The molecule has 2 N–H and O–H groups in total. The molecule has 0 spiro atoms. The van der Waals surface area contributed by atoms with Crippen LogP contribution < -0.4 is 10.6 Å². The second kappa shape index (κ2) is 9.78. The number of guanidine groups is 1. The highest BCUT2D eigenvalue weighted by Crippen LogP contribution is 2.19. The van der Waals surface area contributed by atoms with E-state index in [4.69, 9.17) is 0 Å². The zero-order valence-corrected chi connectivity index (χ0v) is 15.8. The Bertz CT molecular complexity index is 587. The first kappa shape index (κ1) is 18.9. The summed E-state index contributed by atoms with van der Waals surface area (Å²) in [5, 5.41) is 8.57. The highest BCUT2D eigenvalue weighted by Gasteiger charge is 2.07.